The summed E-state index contributed by atoms with van der Waals surface area (Å²) in [6.45, 7) is 4.15. The summed E-state index contributed by atoms with van der Waals surface area (Å²) >= 11 is 6.63. The Hall–Kier alpha value is -3.75. The molecule has 0 atom stereocenters. The van der Waals surface area contributed by atoms with Crippen molar-refractivity contribution in [3.05, 3.63) is 100.0 Å². The van der Waals surface area contributed by atoms with Gasteiger partial charge < -0.3 is 5.32 Å². The predicted octanol–water partition coefficient (Wildman–Crippen LogP) is 5.06. The number of thiocarbonyl (C=S) groups is 1. The van der Waals surface area contributed by atoms with E-state index < -0.39 is 0 Å². The Kier molecular flexibility index (Phi) is 6.47. The monoisotopic (exact) mass is 513 g/mol. The molecule has 5 rings (SSSR count). The quantitative estimate of drug-likeness (QED) is 0.382. The van der Waals surface area contributed by atoms with E-state index in [1.807, 2.05) is 74.5 Å². The topological polar surface area (TPSA) is 69.7 Å². The molecule has 0 saturated carbocycles. The molecular formula is C28H23N3O3S2. The molecule has 1 fully saturated rings. The Morgan fingerprint density at radius 3 is 2.36 bits per heavy atom. The Labute approximate surface area is 219 Å². The summed E-state index contributed by atoms with van der Waals surface area (Å²) in [6, 6.07) is 22.5. The Morgan fingerprint density at radius 2 is 1.61 bits per heavy atom. The van der Waals surface area contributed by atoms with Gasteiger partial charge in [-0.3, -0.25) is 24.2 Å². The van der Waals surface area contributed by atoms with E-state index in [9.17, 15) is 14.4 Å². The first-order valence-corrected chi connectivity index (χ1v) is 12.7. The molecule has 8 heteroatoms. The first-order valence-electron chi connectivity index (χ1n) is 11.4. The van der Waals surface area contributed by atoms with Crippen molar-refractivity contribution < 1.29 is 14.4 Å². The Bertz CT molecular complexity index is 1450. The largest absolute Gasteiger partial charge is 0.325 e. The lowest BCUT2D eigenvalue weighted by molar-refractivity contribution is -0.122. The van der Waals surface area contributed by atoms with Gasteiger partial charge in [0.2, 0.25) is 5.91 Å². The number of carbonyl (C=O) groups excluding carboxylic acids is 3. The van der Waals surface area contributed by atoms with E-state index in [-0.39, 0.29) is 29.8 Å². The molecule has 2 aliphatic heterocycles. The second-order valence-electron chi connectivity index (χ2n) is 8.70. The van der Waals surface area contributed by atoms with Gasteiger partial charge in [0.1, 0.15) is 10.9 Å². The first kappa shape index (κ1) is 24.0. The molecule has 3 aromatic rings. The first-order chi connectivity index (χ1) is 17.3. The normalized spacial score (nSPS) is 17.1. The van der Waals surface area contributed by atoms with E-state index >= 15 is 0 Å². The molecule has 0 spiro atoms. The lowest BCUT2D eigenvalue weighted by Crippen LogP contribution is -2.35. The van der Waals surface area contributed by atoms with Crippen molar-refractivity contribution in [2.24, 2.45) is 0 Å². The number of benzene rings is 3. The Balaban J connectivity index is 1.42. The third kappa shape index (κ3) is 4.45. The third-order valence-corrected chi connectivity index (χ3v) is 7.72. The fraction of sp³-hybridized carbons (Fsp3) is 0.143. The number of nitrogens with zero attached hydrogens (tertiary/aromatic N) is 2. The van der Waals surface area contributed by atoms with Gasteiger partial charge in [-0.15, -0.1) is 0 Å². The van der Waals surface area contributed by atoms with Crippen LogP contribution in [0.5, 0.6) is 0 Å². The van der Waals surface area contributed by atoms with Crippen LogP contribution >= 0.6 is 24.0 Å². The summed E-state index contributed by atoms with van der Waals surface area (Å²) in [5.41, 5.74) is 5.33. The molecule has 0 radical (unpaired) electrons. The number of fused-ring (bicyclic) bond motifs is 1. The molecule has 180 valence electrons. The molecule has 1 N–H and O–H groups in total. The van der Waals surface area contributed by atoms with Crippen LogP contribution in [0.2, 0.25) is 0 Å². The molecule has 3 aromatic carbocycles. The van der Waals surface area contributed by atoms with Gasteiger partial charge >= 0.3 is 0 Å². The highest BCUT2D eigenvalue weighted by molar-refractivity contribution is 8.26. The summed E-state index contributed by atoms with van der Waals surface area (Å²) in [5.74, 6) is -1.00. The minimum Gasteiger partial charge on any atom is -0.325 e. The molecule has 0 bridgehead atoms. The average molecular weight is 514 g/mol. The van der Waals surface area contributed by atoms with Crippen molar-refractivity contribution in [3.8, 4) is 0 Å². The number of thioether (sulfide) groups is 1. The summed E-state index contributed by atoms with van der Waals surface area (Å²) in [6.07, 6.45) is 0. The fourth-order valence-electron chi connectivity index (χ4n) is 4.27. The second kappa shape index (κ2) is 9.72. The van der Waals surface area contributed by atoms with Crippen LogP contribution < -0.4 is 10.2 Å². The van der Waals surface area contributed by atoms with Crippen LogP contribution in [-0.4, -0.2) is 33.5 Å². The van der Waals surface area contributed by atoms with Crippen LogP contribution in [0.4, 0.5) is 11.4 Å². The molecule has 2 aliphatic rings. The van der Waals surface area contributed by atoms with Crippen LogP contribution in [-0.2, 0) is 20.9 Å². The number of carbonyl (C=O) groups is 3. The summed E-state index contributed by atoms with van der Waals surface area (Å²) in [7, 11) is 0. The van der Waals surface area contributed by atoms with Gasteiger partial charge in [0.05, 0.1) is 22.7 Å². The van der Waals surface area contributed by atoms with Crippen LogP contribution in [0.1, 0.15) is 22.3 Å². The van der Waals surface area contributed by atoms with E-state index in [1.54, 1.807) is 12.1 Å². The number of nitrogens with one attached hydrogen (secondary N) is 1. The molecule has 2 heterocycles. The minimum absolute atomic E-state index is 0.170. The van der Waals surface area contributed by atoms with E-state index in [1.165, 1.54) is 9.80 Å². The van der Waals surface area contributed by atoms with Crippen LogP contribution in [0.15, 0.2) is 77.7 Å². The van der Waals surface area contributed by atoms with Gasteiger partial charge in [-0.2, -0.15) is 0 Å². The van der Waals surface area contributed by atoms with Gasteiger partial charge in [-0.1, -0.05) is 78.6 Å². The van der Waals surface area contributed by atoms with Crippen molar-refractivity contribution in [1.82, 2.24) is 4.90 Å². The van der Waals surface area contributed by atoms with Crippen molar-refractivity contribution in [3.63, 3.8) is 0 Å². The lowest BCUT2D eigenvalue weighted by atomic mass is 10.1. The standard InChI is InChI=1S/C28H23N3O3S2/c1-17-12-13-20(14-18(17)2)29-23(32)16-30-22-11-7-6-10-21(22)24(26(30)33)25-27(34)31(28(35)36-25)15-19-8-4-3-5-9-19/h3-14H,15-16H2,1-2H3,(H,29,32)/b25-24-. The highest BCUT2D eigenvalue weighted by Crippen LogP contribution is 2.44. The van der Waals surface area contributed by atoms with Crippen LogP contribution in [0.3, 0.4) is 0 Å². The highest BCUT2D eigenvalue weighted by Gasteiger charge is 2.42. The van der Waals surface area contributed by atoms with Crippen molar-refractivity contribution in [1.29, 1.82) is 0 Å². The molecule has 1 saturated heterocycles. The maximum absolute atomic E-state index is 13.6. The van der Waals surface area contributed by atoms with E-state index in [0.717, 1.165) is 28.5 Å². The number of anilines is 2. The third-order valence-electron chi connectivity index (χ3n) is 6.28. The number of para-hydroxylation sites is 1. The highest BCUT2D eigenvalue weighted by atomic mass is 32.2. The van der Waals surface area contributed by atoms with Crippen molar-refractivity contribution in [2.75, 3.05) is 16.8 Å². The zero-order valence-electron chi connectivity index (χ0n) is 19.8. The molecule has 0 unspecified atom stereocenters. The van der Waals surface area contributed by atoms with Gasteiger partial charge in [-0.25, -0.2) is 0 Å². The maximum atomic E-state index is 13.6. The molecular weight excluding hydrogens is 490 g/mol. The molecule has 6 nitrogen and oxygen atoms in total. The van der Waals surface area contributed by atoms with Crippen molar-refractivity contribution in [2.45, 2.75) is 20.4 Å². The average Bonchev–Trinajstić information content (AvgIpc) is 3.29. The molecule has 0 aliphatic carbocycles. The van der Waals surface area contributed by atoms with Gasteiger partial charge in [0, 0.05) is 11.3 Å². The number of aryl methyl sites for hydroxylation is 2. The fourth-order valence-corrected chi connectivity index (χ4v) is 5.60. The number of rotatable bonds is 5. The van der Waals surface area contributed by atoms with Crippen LogP contribution in [0.25, 0.3) is 5.57 Å². The van der Waals surface area contributed by atoms with E-state index in [4.69, 9.17) is 12.2 Å². The van der Waals surface area contributed by atoms with E-state index in [2.05, 4.69) is 5.32 Å². The molecule has 0 aromatic heterocycles. The minimum atomic E-state index is -0.383. The number of amides is 3. The number of hydrogen-bond acceptors (Lipinski definition) is 5. The predicted molar refractivity (Wildman–Crippen MR) is 147 cm³/mol. The summed E-state index contributed by atoms with van der Waals surface area (Å²) in [5, 5.41) is 2.87. The maximum Gasteiger partial charge on any atom is 0.267 e. The zero-order chi connectivity index (χ0) is 25.4. The van der Waals surface area contributed by atoms with Crippen molar-refractivity contribution >= 4 is 63.0 Å². The SMILES string of the molecule is Cc1ccc(NC(=O)CN2C(=O)/C(=C3\SC(=S)N(Cc4ccccc4)C3=O)c3ccccc32)cc1C. The summed E-state index contributed by atoms with van der Waals surface area (Å²) in [4.78, 5) is 43.1. The smallest absolute Gasteiger partial charge is 0.267 e. The number of hydrogen-bond donors (Lipinski definition) is 1. The van der Waals surface area contributed by atoms with Crippen LogP contribution in [0, 0.1) is 13.8 Å². The zero-order valence-corrected chi connectivity index (χ0v) is 21.4. The molecule has 3 amide bonds. The van der Waals surface area contributed by atoms with Gasteiger partial charge in [0.25, 0.3) is 11.8 Å². The Morgan fingerprint density at radius 1 is 0.889 bits per heavy atom. The summed E-state index contributed by atoms with van der Waals surface area (Å²) < 4.78 is 0.405. The van der Waals surface area contributed by atoms with Gasteiger partial charge in [-0.05, 0) is 48.7 Å². The van der Waals surface area contributed by atoms with E-state index in [0.29, 0.717) is 32.7 Å². The second-order valence-corrected chi connectivity index (χ2v) is 10.3. The molecule has 36 heavy (non-hydrogen) atoms. The van der Waals surface area contributed by atoms with Gasteiger partial charge in [0.15, 0.2) is 0 Å². The lowest BCUT2D eigenvalue weighted by Gasteiger charge is -2.17.